The van der Waals surface area contributed by atoms with Crippen LogP contribution in [0.25, 0.3) is 5.69 Å². The first kappa shape index (κ1) is 18.6. The van der Waals surface area contributed by atoms with Gasteiger partial charge < -0.3 is 5.32 Å². The number of amides is 1. The molecule has 1 heterocycles. The summed E-state index contributed by atoms with van der Waals surface area (Å²) in [6.07, 6.45) is -3.19. The first-order valence-corrected chi connectivity index (χ1v) is 7.96. The lowest BCUT2D eigenvalue weighted by Crippen LogP contribution is -2.15. The van der Waals surface area contributed by atoms with Crippen molar-refractivity contribution >= 4 is 11.6 Å². The van der Waals surface area contributed by atoms with Crippen molar-refractivity contribution in [1.29, 1.82) is 0 Å². The molecule has 0 fully saturated rings. The van der Waals surface area contributed by atoms with Crippen molar-refractivity contribution < 1.29 is 22.4 Å². The van der Waals surface area contributed by atoms with E-state index in [1.165, 1.54) is 54.2 Å². The Morgan fingerprint density at radius 1 is 1.07 bits per heavy atom. The van der Waals surface area contributed by atoms with E-state index in [1.807, 2.05) is 0 Å². The summed E-state index contributed by atoms with van der Waals surface area (Å²) in [6.45, 7) is 2.99. The fraction of sp³-hybridized carbons (Fsp3) is 0.158. The van der Waals surface area contributed by atoms with Crippen molar-refractivity contribution in [2.75, 3.05) is 5.32 Å². The predicted molar refractivity (Wildman–Crippen MR) is 92.4 cm³/mol. The number of rotatable bonds is 3. The normalized spacial score (nSPS) is 11.5. The zero-order chi connectivity index (χ0) is 19.8. The molecule has 4 nitrogen and oxygen atoms in total. The molecule has 3 aromatic rings. The quantitative estimate of drug-likeness (QED) is 0.660. The van der Waals surface area contributed by atoms with Crippen LogP contribution >= 0.6 is 0 Å². The Hall–Kier alpha value is -3.16. The van der Waals surface area contributed by atoms with Crippen LogP contribution in [0.4, 0.5) is 23.2 Å². The average Bonchev–Trinajstić information content (AvgIpc) is 2.98. The van der Waals surface area contributed by atoms with Crippen LogP contribution in [0.3, 0.4) is 0 Å². The molecular formula is C19H15F4N3O. The van der Waals surface area contributed by atoms with Gasteiger partial charge in [0.25, 0.3) is 5.91 Å². The molecule has 0 aliphatic heterocycles. The van der Waals surface area contributed by atoms with Gasteiger partial charge in [-0.3, -0.25) is 4.79 Å². The summed E-state index contributed by atoms with van der Waals surface area (Å²) in [4.78, 5) is 12.5. The molecule has 0 aliphatic rings. The van der Waals surface area contributed by atoms with E-state index in [0.29, 0.717) is 11.4 Å². The number of halogens is 4. The number of carbonyl (C=O) groups excluding carboxylic acids is 1. The van der Waals surface area contributed by atoms with E-state index in [2.05, 4.69) is 10.4 Å². The largest absolute Gasteiger partial charge is 0.416 e. The maximum atomic E-state index is 13.0. The molecule has 0 saturated heterocycles. The summed E-state index contributed by atoms with van der Waals surface area (Å²) in [6, 6.07) is 9.14. The Bertz CT molecular complexity index is 991. The number of nitrogens with zero attached hydrogens (tertiary/aromatic N) is 2. The van der Waals surface area contributed by atoms with E-state index in [1.54, 1.807) is 6.92 Å². The Kier molecular flexibility index (Phi) is 4.73. The van der Waals surface area contributed by atoms with Crippen LogP contribution < -0.4 is 5.32 Å². The van der Waals surface area contributed by atoms with Gasteiger partial charge in [-0.15, -0.1) is 0 Å². The second kappa shape index (κ2) is 6.86. The highest BCUT2D eigenvalue weighted by Crippen LogP contribution is 2.33. The van der Waals surface area contributed by atoms with Crippen LogP contribution in [0.5, 0.6) is 0 Å². The molecule has 0 radical (unpaired) electrons. The minimum absolute atomic E-state index is 0.0341. The molecule has 0 bridgehead atoms. The lowest BCUT2D eigenvalue weighted by Gasteiger charge is -2.13. The molecule has 8 heteroatoms. The Balaban J connectivity index is 1.87. The number of benzene rings is 2. The van der Waals surface area contributed by atoms with Gasteiger partial charge in [-0.2, -0.15) is 18.3 Å². The molecule has 1 N–H and O–H groups in total. The summed E-state index contributed by atoms with van der Waals surface area (Å²) in [5.74, 6) is -0.987. The highest BCUT2D eigenvalue weighted by Gasteiger charge is 2.32. The number of aryl methyl sites for hydroxylation is 1. The lowest BCUT2D eigenvalue weighted by atomic mass is 10.1. The molecule has 0 atom stereocenters. The summed E-state index contributed by atoms with van der Waals surface area (Å²) in [5.41, 5.74) is 0.532. The van der Waals surface area contributed by atoms with Gasteiger partial charge >= 0.3 is 6.18 Å². The number of aromatic nitrogens is 2. The molecule has 0 unspecified atom stereocenters. The van der Waals surface area contributed by atoms with Crippen molar-refractivity contribution in [3.63, 3.8) is 0 Å². The molecule has 1 amide bonds. The highest BCUT2D eigenvalue weighted by molar-refractivity contribution is 6.05. The number of anilines is 1. The first-order valence-electron chi connectivity index (χ1n) is 7.96. The fourth-order valence-electron chi connectivity index (χ4n) is 2.68. The van der Waals surface area contributed by atoms with Crippen LogP contribution in [0, 0.1) is 19.7 Å². The third kappa shape index (κ3) is 3.84. The van der Waals surface area contributed by atoms with E-state index in [-0.39, 0.29) is 16.8 Å². The summed E-state index contributed by atoms with van der Waals surface area (Å²) in [5, 5.41) is 6.56. The van der Waals surface area contributed by atoms with Crippen molar-refractivity contribution in [3.05, 3.63) is 76.9 Å². The molecule has 140 valence electrons. The van der Waals surface area contributed by atoms with E-state index < -0.39 is 23.5 Å². The van der Waals surface area contributed by atoms with Crippen LogP contribution in [-0.2, 0) is 6.18 Å². The third-order valence-corrected chi connectivity index (χ3v) is 4.13. The van der Waals surface area contributed by atoms with Crippen LogP contribution in [0.1, 0.15) is 27.2 Å². The molecule has 1 aromatic heterocycles. The Labute approximate surface area is 152 Å². The van der Waals surface area contributed by atoms with Gasteiger partial charge in [-0.05, 0) is 55.8 Å². The van der Waals surface area contributed by atoms with Crippen molar-refractivity contribution in [1.82, 2.24) is 9.78 Å². The SMILES string of the molecule is Cc1ccc(NC(=O)c2cnn(-c3ccc(F)cc3)c2C)cc1C(F)(F)F. The highest BCUT2D eigenvalue weighted by atomic mass is 19.4. The second-order valence-electron chi connectivity index (χ2n) is 6.01. The van der Waals surface area contributed by atoms with Gasteiger partial charge in [-0.1, -0.05) is 6.07 Å². The first-order chi connectivity index (χ1) is 12.7. The standard InChI is InChI=1S/C19H15F4N3O/c1-11-3-6-14(9-17(11)19(21,22)23)25-18(27)16-10-24-26(12(16)2)15-7-4-13(20)5-8-15/h3-10H,1-2H3,(H,25,27). The molecule has 0 spiro atoms. The average molecular weight is 377 g/mol. The van der Waals surface area contributed by atoms with Gasteiger partial charge in [0, 0.05) is 5.69 Å². The van der Waals surface area contributed by atoms with Crippen molar-refractivity contribution in [3.8, 4) is 5.69 Å². The second-order valence-corrected chi connectivity index (χ2v) is 6.01. The van der Waals surface area contributed by atoms with Gasteiger partial charge in [0.1, 0.15) is 5.82 Å². The van der Waals surface area contributed by atoms with Crippen LogP contribution in [0.2, 0.25) is 0 Å². The van der Waals surface area contributed by atoms with Crippen LogP contribution in [0.15, 0.2) is 48.7 Å². The van der Waals surface area contributed by atoms with Crippen LogP contribution in [-0.4, -0.2) is 15.7 Å². The minimum atomic E-state index is -4.51. The van der Waals surface area contributed by atoms with Crippen molar-refractivity contribution in [2.24, 2.45) is 0 Å². The van der Waals surface area contributed by atoms with E-state index in [9.17, 15) is 22.4 Å². The van der Waals surface area contributed by atoms with Gasteiger partial charge in [-0.25, -0.2) is 9.07 Å². The third-order valence-electron chi connectivity index (χ3n) is 4.13. The number of nitrogens with one attached hydrogen (secondary N) is 1. The monoisotopic (exact) mass is 377 g/mol. The zero-order valence-corrected chi connectivity index (χ0v) is 14.4. The van der Waals surface area contributed by atoms with E-state index in [0.717, 1.165) is 6.07 Å². The maximum Gasteiger partial charge on any atom is 0.416 e. The Morgan fingerprint density at radius 3 is 2.37 bits per heavy atom. The molecule has 27 heavy (non-hydrogen) atoms. The number of carbonyl (C=O) groups is 1. The van der Waals surface area contributed by atoms with Gasteiger partial charge in [0.05, 0.1) is 28.7 Å². The van der Waals surface area contributed by atoms with Gasteiger partial charge in [0.15, 0.2) is 0 Å². The molecule has 0 saturated carbocycles. The smallest absolute Gasteiger partial charge is 0.322 e. The predicted octanol–water partition coefficient (Wildman–Crippen LogP) is 4.90. The van der Waals surface area contributed by atoms with Gasteiger partial charge in [0.2, 0.25) is 0 Å². The topological polar surface area (TPSA) is 46.9 Å². The number of hydrogen-bond donors (Lipinski definition) is 1. The molecule has 3 rings (SSSR count). The molecular weight excluding hydrogens is 362 g/mol. The lowest BCUT2D eigenvalue weighted by molar-refractivity contribution is -0.138. The van der Waals surface area contributed by atoms with E-state index in [4.69, 9.17) is 0 Å². The minimum Gasteiger partial charge on any atom is -0.322 e. The van der Waals surface area contributed by atoms with E-state index >= 15 is 0 Å². The number of alkyl halides is 3. The zero-order valence-electron chi connectivity index (χ0n) is 14.4. The number of hydrogen-bond acceptors (Lipinski definition) is 2. The summed E-state index contributed by atoms with van der Waals surface area (Å²) >= 11 is 0. The molecule has 0 aliphatic carbocycles. The Morgan fingerprint density at radius 2 is 1.74 bits per heavy atom. The molecule has 2 aromatic carbocycles. The fourth-order valence-corrected chi connectivity index (χ4v) is 2.68. The maximum absolute atomic E-state index is 13.0. The summed E-state index contributed by atoms with van der Waals surface area (Å²) < 4.78 is 53.6. The van der Waals surface area contributed by atoms with Crippen molar-refractivity contribution in [2.45, 2.75) is 20.0 Å². The summed E-state index contributed by atoms with van der Waals surface area (Å²) in [7, 11) is 0.